The van der Waals surface area contributed by atoms with Gasteiger partial charge < -0.3 is 4.74 Å². The first kappa shape index (κ1) is 38.2. The number of rotatable bonds is 7. The number of fused-ring (bicyclic) bond motifs is 4. The van der Waals surface area contributed by atoms with E-state index in [-0.39, 0.29) is 23.5 Å². The van der Waals surface area contributed by atoms with Crippen molar-refractivity contribution in [1.82, 2.24) is 14.1 Å². The smallest absolute Gasteiger partial charge is 0.269 e. The number of pyridine rings is 1. The minimum atomic E-state index is -0.531. The summed E-state index contributed by atoms with van der Waals surface area (Å²) in [5.41, 5.74) is 10.2. The molecular formula is C60H56N4O. The molecule has 5 nitrogen and oxygen atoms in total. The summed E-state index contributed by atoms with van der Waals surface area (Å²) in [5, 5.41) is 2.24. The van der Waals surface area contributed by atoms with Crippen LogP contribution in [0.5, 0.6) is 11.5 Å². The van der Waals surface area contributed by atoms with Gasteiger partial charge in [0, 0.05) is 23.0 Å². The van der Waals surface area contributed by atoms with Gasteiger partial charge >= 0.3 is 0 Å². The van der Waals surface area contributed by atoms with E-state index >= 15 is 0 Å². The average Bonchev–Trinajstić information content (AvgIpc) is 3.83. The first-order chi connectivity index (χ1) is 32.4. The third kappa shape index (κ3) is 8.01. The maximum atomic E-state index is 9.78. The molecule has 3 aromatic heterocycles. The summed E-state index contributed by atoms with van der Waals surface area (Å²) in [5.74, 6) is 2.15. The fourth-order valence-electron chi connectivity index (χ4n) is 8.57. The molecule has 0 amide bonds. The quantitative estimate of drug-likeness (QED) is 0.118. The molecule has 0 radical (unpaired) electrons. The zero-order valence-electron chi connectivity index (χ0n) is 41.7. The van der Waals surface area contributed by atoms with Crippen LogP contribution in [0.2, 0.25) is 0 Å². The lowest BCUT2D eigenvalue weighted by Crippen LogP contribution is -2.31. The molecule has 322 valence electrons. The Balaban J connectivity index is 1.20. The summed E-state index contributed by atoms with van der Waals surface area (Å²) in [6.07, 6.45) is 5.57. The van der Waals surface area contributed by atoms with E-state index in [9.17, 15) is 4.11 Å². The van der Waals surface area contributed by atoms with Crippen molar-refractivity contribution in [2.75, 3.05) is 0 Å². The lowest BCUT2D eigenvalue weighted by Gasteiger charge is -2.26. The van der Waals surface area contributed by atoms with Crippen LogP contribution < -0.4 is 9.30 Å². The van der Waals surface area contributed by atoms with Gasteiger partial charge in [-0.25, -0.2) is 4.98 Å². The molecule has 0 spiro atoms. The highest BCUT2D eigenvalue weighted by Crippen LogP contribution is 2.38. The van der Waals surface area contributed by atoms with Gasteiger partial charge in [0.1, 0.15) is 17.3 Å². The van der Waals surface area contributed by atoms with Gasteiger partial charge in [-0.3, -0.25) is 13.7 Å². The zero-order chi connectivity index (χ0) is 47.9. The number of nitrogens with zero attached hydrogens (tertiary/aromatic N) is 4. The second kappa shape index (κ2) is 15.8. The van der Waals surface area contributed by atoms with Crippen LogP contribution in [0, 0.1) is 6.33 Å². The minimum absolute atomic E-state index is 0.0542. The van der Waals surface area contributed by atoms with Crippen molar-refractivity contribution in [3.8, 4) is 50.9 Å². The molecule has 65 heavy (non-hydrogen) atoms. The number of imidazole rings is 1. The molecule has 0 aliphatic heterocycles. The first-order valence-electron chi connectivity index (χ1n) is 24.0. The number of hydrogen-bond donors (Lipinski definition) is 0. The lowest BCUT2D eigenvalue weighted by molar-refractivity contribution is -0.572. The van der Waals surface area contributed by atoms with Crippen molar-refractivity contribution >= 4 is 32.8 Å². The van der Waals surface area contributed by atoms with Crippen LogP contribution in [0.4, 0.5) is 0 Å². The van der Waals surface area contributed by atoms with Crippen LogP contribution in [0.25, 0.3) is 72.3 Å². The highest BCUT2D eigenvalue weighted by Gasteiger charge is 2.24. The number of ether oxygens (including phenoxy) is 1. The van der Waals surface area contributed by atoms with Crippen LogP contribution in [0.15, 0.2) is 176 Å². The molecule has 0 fully saturated rings. The normalized spacial score (nSPS) is 13.0. The summed E-state index contributed by atoms with van der Waals surface area (Å²) in [7, 11) is 0. The maximum Gasteiger partial charge on any atom is 0.269 e. The summed E-state index contributed by atoms with van der Waals surface area (Å²) in [6, 6.07) is 52.7. The van der Waals surface area contributed by atoms with E-state index in [0.29, 0.717) is 28.3 Å². The fourth-order valence-corrected chi connectivity index (χ4v) is 8.57. The molecule has 0 bridgehead atoms. The summed E-state index contributed by atoms with van der Waals surface area (Å²) in [4.78, 5) is 4.90. The zero-order valence-corrected chi connectivity index (χ0v) is 38.7. The Morgan fingerprint density at radius 2 is 1.14 bits per heavy atom. The minimum Gasteiger partial charge on any atom is -0.458 e. The van der Waals surface area contributed by atoms with Gasteiger partial charge in [-0.05, 0) is 122 Å². The monoisotopic (exact) mass is 851 g/mol. The molecule has 10 aromatic rings. The summed E-state index contributed by atoms with van der Waals surface area (Å²) in [6.45, 7) is 18.9. The molecule has 7 aromatic carbocycles. The fraction of sp³-hybridized carbons (Fsp3) is 0.200. The lowest BCUT2D eigenvalue weighted by atomic mass is 9.80. The van der Waals surface area contributed by atoms with Gasteiger partial charge in [0.25, 0.3) is 6.33 Å². The Hall–Kier alpha value is -7.24. The van der Waals surface area contributed by atoms with Gasteiger partial charge in [-0.2, -0.15) is 0 Å². The summed E-state index contributed by atoms with van der Waals surface area (Å²) >= 11 is 0. The Morgan fingerprint density at radius 3 is 1.82 bits per heavy atom. The highest BCUT2D eigenvalue weighted by molar-refractivity contribution is 6.09. The third-order valence-corrected chi connectivity index (χ3v) is 12.2. The molecule has 3 heterocycles. The van der Waals surface area contributed by atoms with Crippen LogP contribution in [-0.2, 0) is 16.2 Å². The van der Waals surface area contributed by atoms with Crippen molar-refractivity contribution in [3.05, 3.63) is 199 Å². The van der Waals surface area contributed by atoms with E-state index in [0.717, 1.165) is 66.6 Å². The average molecular weight is 852 g/mol. The second-order valence-corrected chi connectivity index (χ2v) is 20.2. The van der Waals surface area contributed by atoms with E-state index in [2.05, 4.69) is 135 Å². The van der Waals surface area contributed by atoms with Crippen molar-refractivity contribution in [2.24, 2.45) is 0 Å². The number of para-hydroxylation sites is 1. The molecule has 0 saturated carbocycles. The van der Waals surface area contributed by atoms with Gasteiger partial charge in [-0.1, -0.05) is 159 Å². The SMILES string of the molecule is [2H]c1c(-[n+]2[c-]n(-c3cc(Oc4ccc5c6ccccc6n(-c6cc(C(C)(C)C)ccn6)c5c4)cc(-c4ccccc4)c3)c3cc(-c4ccccc4)ccc32)c([2H])c(C(C)(C)C)c([2H])c1C(C)(C)C. The van der Waals surface area contributed by atoms with E-state index in [1.165, 1.54) is 5.56 Å². The molecule has 0 atom stereocenters. The van der Waals surface area contributed by atoms with Crippen LogP contribution >= 0.6 is 0 Å². The van der Waals surface area contributed by atoms with Gasteiger partial charge in [-0.15, -0.1) is 0 Å². The number of benzene rings is 7. The molecule has 0 N–H and O–H groups in total. The Bertz CT molecular complexity index is 3530. The van der Waals surface area contributed by atoms with E-state index in [4.69, 9.17) is 9.72 Å². The number of hydrogen-bond acceptors (Lipinski definition) is 2. The molecule has 10 rings (SSSR count). The molecule has 0 unspecified atom stereocenters. The van der Waals surface area contributed by atoms with Crippen LogP contribution in [0.1, 0.15) is 83.1 Å². The first-order valence-corrected chi connectivity index (χ1v) is 22.5. The predicted octanol–water partition coefficient (Wildman–Crippen LogP) is 15.2. The Kier molecular flexibility index (Phi) is 9.28. The van der Waals surface area contributed by atoms with Crippen LogP contribution in [0.3, 0.4) is 0 Å². The molecule has 5 heteroatoms. The number of aromatic nitrogens is 4. The molecule has 0 aliphatic carbocycles. The topological polar surface area (TPSA) is 35.9 Å². The van der Waals surface area contributed by atoms with Crippen molar-refractivity contribution in [3.63, 3.8) is 0 Å². The summed E-state index contributed by atoms with van der Waals surface area (Å²) < 4.78 is 42.1. The van der Waals surface area contributed by atoms with E-state index in [1.807, 2.05) is 105 Å². The van der Waals surface area contributed by atoms with Gasteiger partial charge in [0.15, 0.2) is 0 Å². The third-order valence-electron chi connectivity index (χ3n) is 12.2. The molecule has 0 aliphatic rings. The Labute approximate surface area is 387 Å². The highest BCUT2D eigenvalue weighted by atomic mass is 16.5. The van der Waals surface area contributed by atoms with E-state index in [1.54, 1.807) is 0 Å². The van der Waals surface area contributed by atoms with Gasteiger partial charge in [0.05, 0.1) is 37.6 Å². The van der Waals surface area contributed by atoms with Crippen molar-refractivity contribution in [2.45, 2.75) is 78.6 Å². The largest absolute Gasteiger partial charge is 0.458 e. The maximum absolute atomic E-state index is 9.78. The second-order valence-electron chi connectivity index (χ2n) is 20.2. The predicted molar refractivity (Wildman–Crippen MR) is 269 cm³/mol. The molecular weight excluding hydrogens is 793 g/mol. The van der Waals surface area contributed by atoms with Crippen LogP contribution in [-0.4, -0.2) is 14.1 Å². The standard InChI is InChI=1S/C60H56N4O/c1-58(2,3)44-28-29-61-57(36-44)64-53-23-17-16-22-51(53)52-26-25-49(38-55(52)64)65-50-31-43(41-20-14-11-15-21-41)30-47(37-50)63-39-62(48-34-45(59(4,5)6)33-46(35-48)60(7,8)9)54-27-24-42(32-56(54)63)40-18-12-10-13-19-40/h10-38H,1-9H3/i33D,34D,35D. The van der Waals surface area contributed by atoms with E-state index < -0.39 is 10.8 Å². The Morgan fingerprint density at radius 1 is 0.508 bits per heavy atom. The van der Waals surface area contributed by atoms with Crippen molar-refractivity contribution < 1.29 is 13.4 Å². The van der Waals surface area contributed by atoms with Crippen molar-refractivity contribution in [1.29, 1.82) is 0 Å². The molecule has 0 saturated heterocycles. The van der Waals surface area contributed by atoms with Gasteiger partial charge in [0.2, 0.25) is 0 Å².